The van der Waals surface area contributed by atoms with Crippen molar-refractivity contribution in [2.45, 2.75) is 27.2 Å². The molecule has 0 amide bonds. The second-order valence-corrected chi connectivity index (χ2v) is 9.13. The molecule has 2 aromatic carbocycles. The summed E-state index contributed by atoms with van der Waals surface area (Å²) >= 11 is 1.73. The Kier molecular flexibility index (Phi) is 6.37. The number of carboxylic acids is 1. The van der Waals surface area contributed by atoms with Gasteiger partial charge in [-0.25, -0.2) is 4.79 Å². The minimum absolute atomic E-state index is 0.495. The number of thiophene rings is 1. The van der Waals surface area contributed by atoms with Gasteiger partial charge in [-0.1, -0.05) is 44.2 Å². The van der Waals surface area contributed by atoms with Crippen LogP contribution in [-0.2, 0) is 4.79 Å². The van der Waals surface area contributed by atoms with Crippen LogP contribution >= 0.6 is 11.3 Å². The Morgan fingerprint density at radius 3 is 2.53 bits per heavy atom. The lowest BCUT2D eigenvalue weighted by molar-refractivity contribution is -0.131. The molecule has 0 aliphatic heterocycles. The van der Waals surface area contributed by atoms with Gasteiger partial charge < -0.3 is 5.11 Å². The highest BCUT2D eigenvalue weighted by molar-refractivity contribution is 7.08. The Hall–Kier alpha value is -3.44. The average Bonchev–Trinajstić information content (AvgIpc) is 3.40. The first-order valence-corrected chi connectivity index (χ1v) is 11.6. The second-order valence-electron chi connectivity index (χ2n) is 8.39. The van der Waals surface area contributed by atoms with Crippen LogP contribution in [0.3, 0.4) is 0 Å². The second kappa shape index (κ2) is 9.37. The van der Waals surface area contributed by atoms with E-state index in [1.807, 2.05) is 18.3 Å². The number of fused-ring (bicyclic) bond motifs is 1. The van der Waals surface area contributed by atoms with E-state index >= 15 is 0 Å². The van der Waals surface area contributed by atoms with E-state index in [-0.39, 0.29) is 0 Å². The number of hydrogen-bond acceptors (Lipinski definition) is 3. The van der Waals surface area contributed by atoms with Crippen LogP contribution in [-0.4, -0.2) is 21.3 Å². The fourth-order valence-electron chi connectivity index (χ4n) is 3.97. The van der Waals surface area contributed by atoms with Gasteiger partial charge in [0.05, 0.1) is 11.7 Å². The molecule has 0 radical (unpaired) electrons. The van der Waals surface area contributed by atoms with E-state index < -0.39 is 5.97 Å². The lowest BCUT2D eigenvalue weighted by atomic mass is 9.85. The average molecular weight is 443 g/mol. The maximum atomic E-state index is 10.9. The highest BCUT2D eigenvalue weighted by Gasteiger charge is 2.18. The van der Waals surface area contributed by atoms with Gasteiger partial charge in [0.1, 0.15) is 0 Å². The topological polar surface area (TPSA) is 66.0 Å². The van der Waals surface area contributed by atoms with Gasteiger partial charge in [-0.05, 0) is 87.2 Å². The van der Waals surface area contributed by atoms with Crippen molar-refractivity contribution in [1.29, 1.82) is 0 Å². The number of H-pyrrole nitrogens is 1. The van der Waals surface area contributed by atoms with E-state index in [0.717, 1.165) is 40.1 Å². The molecule has 2 aromatic heterocycles. The van der Waals surface area contributed by atoms with E-state index in [1.165, 1.54) is 22.3 Å². The minimum Gasteiger partial charge on any atom is -0.478 e. The number of hydrogen-bond donors (Lipinski definition) is 2. The third-order valence-electron chi connectivity index (χ3n) is 5.44. The summed E-state index contributed by atoms with van der Waals surface area (Å²) < 4.78 is 0. The number of rotatable bonds is 7. The van der Waals surface area contributed by atoms with E-state index in [4.69, 9.17) is 5.11 Å². The maximum Gasteiger partial charge on any atom is 0.328 e. The number of aliphatic carboxylic acids is 1. The van der Waals surface area contributed by atoms with Crippen molar-refractivity contribution < 1.29 is 9.90 Å². The zero-order chi connectivity index (χ0) is 22.7. The summed E-state index contributed by atoms with van der Waals surface area (Å²) in [5.74, 6) is -0.454. The fourth-order valence-corrected chi connectivity index (χ4v) is 4.83. The van der Waals surface area contributed by atoms with Crippen molar-refractivity contribution in [2.24, 2.45) is 5.92 Å². The summed E-state index contributed by atoms with van der Waals surface area (Å²) in [5, 5.41) is 21.7. The molecule has 0 aliphatic rings. The van der Waals surface area contributed by atoms with Gasteiger partial charge in [-0.3, -0.25) is 5.10 Å². The van der Waals surface area contributed by atoms with Crippen LogP contribution in [0.5, 0.6) is 0 Å². The predicted octanol–water partition coefficient (Wildman–Crippen LogP) is 7.04. The maximum absolute atomic E-state index is 10.9. The molecular formula is C27H26N2O2S. The van der Waals surface area contributed by atoms with E-state index in [9.17, 15) is 4.79 Å². The Balaban J connectivity index is 1.94. The molecule has 0 saturated heterocycles. The highest BCUT2D eigenvalue weighted by atomic mass is 32.1. The standard InChI is InChI=1S/C27H26N2O2S/c1-17(2)12-23(24-16-32-15-18(24)3)27(21-9-10-25-22(13-21)14-28-29-25)20-7-4-19(5-8-20)6-11-26(30)31/h4-11,13-17H,12H2,1-3H3,(H,28,29)(H,30,31)/b11-6+,27-23+. The predicted molar refractivity (Wildman–Crippen MR) is 134 cm³/mol. The molecule has 4 nitrogen and oxygen atoms in total. The first-order valence-electron chi connectivity index (χ1n) is 10.6. The number of nitrogens with one attached hydrogen (secondary N) is 1. The van der Waals surface area contributed by atoms with Crippen LogP contribution < -0.4 is 0 Å². The number of nitrogens with zero attached hydrogens (tertiary/aromatic N) is 1. The van der Waals surface area contributed by atoms with Crippen molar-refractivity contribution in [1.82, 2.24) is 10.2 Å². The summed E-state index contributed by atoms with van der Waals surface area (Å²) in [7, 11) is 0. The molecule has 162 valence electrons. The third kappa shape index (κ3) is 4.73. The zero-order valence-electron chi connectivity index (χ0n) is 18.4. The molecule has 32 heavy (non-hydrogen) atoms. The molecule has 4 aromatic rings. The lowest BCUT2D eigenvalue weighted by Gasteiger charge is -2.19. The van der Waals surface area contributed by atoms with E-state index in [0.29, 0.717) is 5.92 Å². The largest absolute Gasteiger partial charge is 0.478 e. The normalized spacial score (nSPS) is 12.6. The lowest BCUT2D eigenvalue weighted by Crippen LogP contribution is -1.99. The number of aromatic nitrogens is 2. The molecule has 0 bridgehead atoms. The van der Waals surface area contributed by atoms with Crippen LogP contribution in [0.1, 0.15) is 48.1 Å². The molecule has 2 N–H and O–H groups in total. The van der Waals surface area contributed by atoms with Gasteiger partial charge in [0, 0.05) is 11.5 Å². The number of benzene rings is 2. The molecule has 2 heterocycles. The number of allylic oxidation sites excluding steroid dienone is 1. The SMILES string of the molecule is Cc1cscc1/C(CC(C)C)=C(\c1ccc(/C=C/C(=O)O)cc1)c1ccc2[nH]ncc2c1. The molecule has 4 rings (SSSR count). The van der Waals surface area contributed by atoms with E-state index in [1.54, 1.807) is 17.4 Å². The van der Waals surface area contributed by atoms with Crippen molar-refractivity contribution in [3.05, 3.63) is 93.3 Å². The van der Waals surface area contributed by atoms with Crippen LogP contribution in [0.2, 0.25) is 0 Å². The molecule has 0 saturated carbocycles. The van der Waals surface area contributed by atoms with Gasteiger partial charge in [-0.2, -0.15) is 16.4 Å². The van der Waals surface area contributed by atoms with Crippen molar-refractivity contribution in [3.8, 4) is 0 Å². The quantitative estimate of drug-likeness (QED) is 0.302. The van der Waals surface area contributed by atoms with Crippen LogP contribution in [0.15, 0.2) is 65.5 Å². The number of carboxylic acid groups (broad SMARTS) is 1. The summed E-state index contributed by atoms with van der Waals surface area (Å²) in [6, 6.07) is 14.5. The Morgan fingerprint density at radius 1 is 1.12 bits per heavy atom. The molecule has 0 unspecified atom stereocenters. The number of aryl methyl sites for hydroxylation is 1. The van der Waals surface area contributed by atoms with Gasteiger partial charge in [-0.15, -0.1) is 0 Å². The number of aromatic amines is 1. The number of carbonyl (C=O) groups is 1. The molecule has 0 atom stereocenters. The van der Waals surface area contributed by atoms with Crippen LogP contribution in [0.4, 0.5) is 0 Å². The zero-order valence-corrected chi connectivity index (χ0v) is 19.2. The Labute approximate surface area is 191 Å². The molecule has 0 aliphatic carbocycles. The van der Waals surface area contributed by atoms with Crippen molar-refractivity contribution >= 4 is 45.4 Å². The molecule has 0 fully saturated rings. The Bertz CT molecular complexity index is 1310. The van der Waals surface area contributed by atoms with Crippen LogP contribution in [0, 0.1) is 12.8 Å². The first-order chi connectivity index (χ1) is 15.4. The summed E-state index contributed by atoms with van der Waals surface area (Å²) in [5.41, 5.74) is 9.25. The molecule has 0 spiro atoms. The summed E-state index contributed by atoms with van der Waals surface area (Å²) in [6.07, 6.45) is 5.59. The first kappa shape index (κ1) is 21.8. The summed E-state index contributed by atoms with van der Waals surface area (Å²) in [6.45, 7) is 6.67. The third-order valence-corrected chi connectivity index (χ3v) is 6.30. The van der Waals surface area contributed by atoms with Gasteiger partial charge in [0.15, 0.2) is 0 Å². The smallest absolute Gasteiger partial charge is 0.328 e. The highest BCUT2D eigenvalue weighted by Crippen LogP contribution is 2.39. The monoisotopic (exact) mass is 442 g/mol. The fraction of sp³-hybridized carbons (Fsp3) is 0.185. The van der Waals surface area contributed by atoms with Gasteiger partial charge in [0.2, 0.25) is 0 Å². The van der Waals surface area contributed by atoms with Crippen molar-refractivity contribution in [3.63, 3.8) is 0 Å². The van der Waals surface area contributed by atoms with Crippen molar-refractivity contribution in [2.75, 3.05) is 0 Å². The van der Waals surface area contributed by atoms with Crippen LogP contribution in [0.25, 0.3) is 28.1 Å². The van der Waals surface area contributed by atoms with Gasteiger partial charge >= 0.3 is 5.97 Å². The van der Waals surface area contributed by atoms with Gasteiger partial charge in [0.25, 0.3) is 0 Å². The minimum atomic E-state index is -0.949. The Morgan fingerprint density at radius 2 is 1.88 bits per heavy atom. The molecule has 5 heteroatoms. The summed E-state index contributed by atoms with van der Waals surface area (Å²) in [4.78, 5) is 10.9. The van der Waals surface area contributed by atoms with E-state index in [2.05, 4.69) is 72.1 Å². The molecular weight excluding hydrogens is 416 g/mol.